The third-order valence-electron chi connectivity index (χ3n) is 6.32. The Morgan fingerprint density at radius 2 is 1.80 bits per heavy atom. The quantitative estimate of drug-likeness (QED) is 0.427. The minimum absolute atomic E-state index is 0.0667. The van der Waals surface area contributed by atoms with Crippen LogP contribution in [-0.2, 0) is 11.3 Å². The van der Waals surface area contributed by atoms with Gasteiger partial charge in [-0.2, -0.15) is 0 Å². The highest BCUT2D eigenvalue weighted by atomic mass is 16.3. The molecule has 1 aliphatic rings. The number of amides is 2. The lowest BCUT2D eigenvalue weighted by Crippen LogP contribution is -2.37. The number of benzene rings is 1. The molecular formula is C27H27N5O3. The molecule has 5 rings (SSSR count). The Bertz CT molecular complexity index is 1330. The Morgan fingerprint density at radius 3 is 2.54 bits per heavy atom. The molecule has 0 atom stereocenters. The Labute approximate surface area is 203 Å². The van der Waals surface area contributed by atoms with Crippen molar-refractivity contribution in [3.8, 4) is 0 Å². The number of fused-ring (bicyclic) bond motifs is 1. The first kappa shape index (κ1) is 22.7. The van der Waals surface area contributed by atoms with Crippen LogP contribution in [-0.4, -0.2) is 39.8 Å². The lowest BCUT2D eigenvalue weighted by molar-refractivity contribution is -0.121. The molecule has 178 valence electrons. The fourth-order valence-corrected chi connectivity index (χ4v) is 4.37. The molecule has 4 aromatic rings. The Morgan fingerprint density at radius 1 is 1.03 bits per heavy atom. The topological polar surface area (TPSA) is 100 Å². The number of hydrogen-bond donors (Lipinski definition) is 2. The number of para-hydroxylation sites is 1. The number of aromatic nitrogens is 2. The molecule has 35 heavy (non-hydrogen) atoms. The van der Waals surface area contributed by atoms with Crippen molar-refractivity contribution in [3.63, 3.8) is 0 Å². The second-order valence-corrected chi connectivity index (χ2v) is 8.87. The molecule has 3 aromatic heterocycles. The average Bonchev–Trinajstić information content (AvgIpc) is 3.25. The fourth-order valence-electron chi connectivity index (χ4n) is 4.37. The number of nitrogens with one attached hydrogen (secondary N) is 2. The SMILES string of the molecule is Cc1ccc(NC(=O)c2oc3ccccc3c2NC(=O)C2CCN(Cc3ccncc3)CC2)nc1. The van der Waals surface area contributed by atoms with Gasteiger partial charge in [-0.05, 0) is 74.3 Å². The molecule has 0 radical (unpaired) electrons. The fraction of sp³-hybridized carbons (Fsp3) is 0.259. The standard InChI is InChI=1S/C27H27N5O3/c1-18-6-7-23(29-16-18)30-27(34)25-24(21-4-2-3-5-22(21)35-25)31-26(33)20-10-14-32(15-11-20)17-19-8-12-28-13-9-19/h2-9,12-13,16,20H,10-11,14-15,17H2,1H3,(H,31,33)(H,29,30,34). The normalized spacial score (nSPS) is 14.7. The number of hydrogen-bond acceptors (Lipinski definition) is 6. The van der Waals surface area contributed by atoms with Crippen molar-refractivity contribution in [1.29, 1.82) is 0 Å². The maximum Gasteiger partial charge on any atom is 0.294 e. The summed E-state index contributed by atoms with van der Waals surface area (Å²) in [6, 6.07) is 14.9. The van der Waals surface area contributed by atoms with E-state index in [-0.39, 0.29) is 17.6 Å². The summed E-state index contributed by atoms with van der Waals surface area (Å²) in [7, 11) is 0. The van der Waals surface area contributed by atoms with Crippen LogP contribution in [0.4, 0.5) is 11.5 Å². The largest absolute Gasteiger partial charge is 0.449 e. The van der Waals surface area contributed by atoms with Gasteiger partial charge in [-0.3, -0.25) is 19.5 Å². The molecule has 4 heterocycles. The van der Waals surface area contributed by atoms with Crippen LogP contribution >= 0.6 is 0 Å². The number of piperidine rings is 1. The van der Waals surface area contributed by atoms with Crippen LogP contribution in [0.1, 0.15) is 34.5 Å². The lowest BCUT2D eigenvalue weighted by Gasteiger charge is -2.31. The predicted molar refractivity (Wildman–Crippen MR) is 134 cm³/mol. The van der Waals surface area contributed by atoms with Crippen LogP contribution in [0.5, 0.6) is 0 Å². The predicted octanol–water partition coefficient (Wildman–Crippen LogP) is 4.63. The molecule has 0 aliphatic carbocycles. The lowest BCUT2D eigenvalue weighted by atomic mass is 9.95. The summed E-state index contributed by atoms with van der Waals surface area (Å²) < 4.78 is 5.86. The number of carbonyl (C=O) groups is 2. The van der Waals surface area contributed by atoms with Gasteiger partial charge in [0.2, 0.25) is 11.7 Å². The molecule has 0 unspecified atom stereocenters. The first-order chi connectivity index (χ1) is 17.1. The molecule has 0 saturated carbocycles. The summed E-state index contributed by atoms with van der Waals surface area (Å²) in [5.41, 5.74) is 3.14. The summed E-state index contributed by atoms with van der Waals surface area (Å²) in [6.45, 7) is 4.44. The maximum atomic E-state index is 13.2. The van der Waals surface area contributed by atoms with Gasteiger partial charge >= 0.3 is 0 Å². The molecule has 1 fully saturated rings. The third-order valence-corrected chi connectivity index (χ3v) is 6.32. The van der Waals surface area contributed by atoms with Crippen LogP contribution in [0.25, 0.3) is 11.0 Å². The highest BCUT2D eigenvalue weighted by molar-refractivity contribution is 6.14. The van der Waals surface area contributed by atoms with Gasteiger partial charge in [0, 0.05) is 36.4 Å². The van der Waals surface area contributed by atoms with E-state index in [1.807, 2.05) is 43.3 Å². The molecule has 2 amide bonds. The van der Waals surface area contributed by atoms with Gasteiger partial charge in [0.05, 0.1) is 0 Å². The smallest absolute Gasteiger partial charge is 0.294 e. The van der Waals surface area contributed by atoms with Crippen LogP contribution in [0.2, 0.25) is 0 Å². The van der Waals surface area contributed by atoms with Crippen LogP contribution in [0, 0.1) is 12.8 Å². The van der Waals surface area contributed by atoms with E-state index in [1.165, 1.54) is 5.56 Å². The Hall–Kier alpha value is -4.04. The maximum absolute atomic E-state index is 13.2. The van der Waals surface area contributed by atoms with Gasteiger partial charge < -0.3 is 15.1 Å². The summed E-state index contributed by atoms with van der Waals surface area (Å²) >= 11 is 0. The van der Waals surface area contributed by atoms with Crippen LogP contribution < -0.4 is 10.6 Å². The molecule has 2 N–H and O–H groups in total. The highest BCUT2D eigenvalue weighted by Gasteiger charge is 2.28. The molecule has 1 aliphatic heterocycles. The number of pyridine rings is 2. The highest BCUT2D eigenvalue weighted by Crippen LogP contribution is 2.32. The minimum Gasteiger partial charge on any atom is -0.449 e. The molecule has 8 heteroatoms. The molecular weight excluding hydrogens is 442 g/mol. The number of nitrogens with zero attached hydrogens (tertiary/aromatic N) is 3. The first-order valence-corrected chi connectivity index (χ1v) is 11.7. The Kier molecular flexibility index (Phi) is 6.54. The first-order valence-electron chi connectivity index (χ1n) is 11.7. The van der Waals surface area contributed by atoms with E-state index in [0.717, 1.165) is 38.0 Å². The van der Waals surface area contributed by atoms with E-state index < -0.39 is 5.91 Å². The van der Waals surface area contributed by atoms with Gasteiger partial charge in [-0.1, -0.05) is 18.2 Å². The number of rotatable bonds is 6. The van der Waals surface area contributed by atoms with Crippen molar-refractivity contribution < 1.29 is 14.0 Å². The second-order valence-electron chi connectivity index (χ2n) is 8.87. The molecule has 8 nitrogen and oxygen atoms in total. The van der Waals surface area contributed by atoms with Crippen molar-refractivity contribution >= 4 is 34.3 Å². The number of aryl methyl sites for hydroxylation is 1. The van der Waals surface area contributed by atoms with E-state index in [1.54, 1.807) is 30.7 Å². The van der Waals surface area contributed by atoms with Gasteiger partial charge in [-0.25, -0.2) is 4.98 Å². The zero-order chi connectivity index (χ0) is 24.2. The number of anilines is 2. The van der Waals surface area contributed by atoms with E-state index in [9.17, 15) is 9.59 Å². The molecule has 1 saturated heterocycles. The van der Waals surface area contributed by atoms with Crippen LogP contribution in [0.3, 0.4) is 0 Å². The van der Waals surface area contributed by atoms with Crippen molar-refractivity contribution in [2.45, 2.75) is 26.3 Å². The summed E-state index contributed by atoms with van der Waals surface area (Å²) in [6.07, 6.45) is 6.78. The van der Waals surface area contributed by atoms with Gasteiger partial charge in [-0.15, -0.1) is 0 Å². The van der Waals surface area contributed by atoms with E-state index in [2.05, 4.69) is 25.5 Å². The minimum atomic E-state index is -0.458. The third kappa shape index (κ3) is 5.22. The monoisotopic (exact) mass is 469 g/mol. The Balaban J connectivity index is 1.29. The van der Waals surface area contributed by atoms with Crippen molar-refractivity contribution in [3.05, 3.63) is 84.0 Å². The summed E-state index contributed by atoms with van der Waals surface area (Å²) in [5.74, 6) is -0.202. The number of carbonyl (C=O) groups excluding carboxylic acids is 2. The van der Waals surface area contributed by atoms with Crippen molar-refractivity contribution in [1.82, 2.24) is 14.9 Å². The van der Waals surface area contributed by atoms with Gasteiger partial charge in [0.1, 0.15) is 17.1 Å². The second kappa shape index (κ2) is 10.1. The zero-order valence-corrected chi connectivity index (χ0v) is 19.5. The zero-order valence-electron chi connectivity index (χ0n) is 19.5. The summed E-state index contributed by atoms with van der Waals surface area (Å²) in [5, 5.41) is 6.46. The molecule has 0 spiro atoms. The van der Waals surface area contributed by atoms with E-state index in [0.29, 0.717) is 22.5 Å². The van der Waals surface area contributed by atoms with Crippen molar-refractivity contribution in [2.75, 3.05) is 23.7 Å². The molecule has 1 aromatic carbocycles. The van der Waals surface area contributed by atoms with Gasteiger partial charge in [0.15, 0.2) is 0 Å². The average molecular weight is 470 g/mol. The van der Waals surface area contributed by atoms with Crippen molar-refractivity contribution in [2.24, 2.45) is 5.92 Å². The summed E-state index contributed by atoms with van der Waals surface area (Å²) in [4.78, 5) is 36.9. The van der Waals surface area contributed by atoms with Gasteiger partial charge in [0.25, 0.3) is 5.91 Å². The van der Waals surface area contributed by atoms with E-state index >= 15 is 0 Å². The van der Waals surface area contributed by atoms with Crippen LogP contribution in [0.15, 0.2) is 71.5 Å². The number of likely N-dealkylation sites (tertiary alicyclic amines) is 1. The molecule has 0 bridgehead atoms. The number of furan rings is 1. The van der Waals surface area contributed by atoms with E-state index in [4.69, 9.17) is 4.42 Å².